The smallest absolute Gasteiger partial charge is 0.343 e. The van der Waals surface area contributed by atoms with Crippen molar-refractivity contribution in [2.45, 2.75) is 25.8 Å². The largest absolute Gasteiger partial charge is 0.512 e. The number of nitrogens with zero attached hydrogens (tertiary/aromatic N) is 1. The average molecular weight is 377 g/mol. The molecule has 1 aromatic rings. The van der Waals surface area contributed by atoms with Gasteiger partial charge in [-0.2, -0.15) is 0 Å². The third-order valence-corrected chi connectivity index (χ3v) is 3.57. The lowest BCUT2D eigenvalue weighted by Gasteiger charge is -2.07. The molecule has 5 N–H and O–H groups in total. The Morgan fingerprint density at radius 2 is 1.81 bits per heavy atom. The van der Waals surface area contributed by atoms with Gasteiger partial charge in [-0.25, -0.2) is 9.59 Å². The molecule has 9 heteroatoms. The maximum absolute atomic E-state index is 11.2. The first-order valence-electron chi connectivity index (χ1n) is 7.83. The molecule has 0 bridgehead atoms. The molecular formula is C18H19NO8. The number of aliphatic carboxylic acids is 1. The molecule has 1 atom stereocenters. The Balaban J connectivity index is 2.94. The van der Waals surface area contributed by atoms with Crippen LogP contribution in [0, 0.1) is 4.91 Å². The van der Waals surface area contributed by atoms with Gasteiger partial charge in [-0.15, -0.1) is 4.91 Å². The molecular weight excluding hydrogens is 358 g/mol. The second-order valence-corrected chi connectivity index (χ2v) is 5.34. The van der Waals surface area contributed by atoms with Crippen LogP contribution in [-0.2, 0) is 4.79 Å². The zero-order valence-corrected chi connectivity index (χ0v) is 14.4. The summed E-state index contributed by atoms with van der Waals surface area (Å²) in [5.74, 6) is -4.54. The van der Waals surface area contributed by atoms with Gasteiger partial charge in [-0.1, -0.05) is 36.4 Å². The highest BCUT2D eigenvalue weighted by Crippen LogP contribution is 2.31. The Morgan fingerprint density at radius 1 is 1.15 bits per heavy atom. The Labute approximate surface area is 154 Å². The summed E-state index contributed by atoms with van der Waals surface area (Å²) in [7, 11) is 0. The lowest BCUT2D eigenvalue weighted by atomic mass is 10.0. The van der Waals surface area contributed by atoms with Gasteiger partial charge in [-0.3, -0.25) is 0 Å². The second kappa shape index (κ2) is 9.76. The van der Waals surface area contributed by atoms with Crippen molar-refractivity contribution in [3.05, 3.63) is 57.7 Å². The van der Waals surface area contributed by atoms with Gasteiger partial charge in [0, 0.05) is 12.0 Å². The van der Waals surface area contributed by atoms with E-state index in [0.29, 0.717) is 0 Å². The molecule has 0 aromatic heterocycles. The molecule has 1 aromatic carbocycles. The number of aliphatic hydroxyl groups excluding tert-OH is 1. The Kier molecular flexibility index (Phi) is 7.74. The molecule has 0 saturated carbocycles. The van der Waals surface area contributed by atoms with Crippen molar-refractivity contribution in [3.8, 4) is 11.5 Å². The molecule has 1 rings (SSSR count). The fraction of sp³-hybridized carbons (Fsp3) is 0.222. The summed E-state index contributed by atoms with van der Waals surface area (Å²) in [6, 6.07) is 1.08. The first kappa shape index (κ1) is 21.4. The summed E-state index contributed by atoms with van der Waals surface area (Å²) in [4.78, 5) is 33.1. The zero-order chi connectivity index (χ0) is 20.6. The van der Waals surface area contributed by atoms with Crippen LogP contribution in [0.4, 0.5) is 0 Å². The van der Waals surface area contributed by atoms with Crippen LogP contribution in [0.25, 0.3) is 6.08 Å². The standard InChI is InChI=1S/C18H19NO8/c1-2-12(20)14(17(23)24)11(19-27)7-5-3-4-6-10-8-9-13(21)15(16(10)22)18(25)26/h4-9,11,20-22H,2-3H2,1H3,(H,23,24)(H,25,26)/b6-4+,7-5-,14-12-. The van der Waals surface area contributed by atoms with Crippen LogP contribution in [0.3, 0.4) is 0 Å². The van der Waals surface area contributed by atoms with Gasteiger partial charge in [0.2, 0.25) is 0 Å². The number of nitroso groups, excluding NO2 is 1. The molecule has 27 heavy (non-hydrogen) atoms. The first-order chi connectivity index (χ1) is 12.7. The Bertz CT molecular complexity index is 823. The van der Waals surface area contributed by atoms with Gasteiger partial charge in [-0.05, 0) is 18.6 Å². The van der Waals surface area contributed by atoms with Crippen LogP contribution in [0.1, 0.15) is 35.7 Å². The van der Waals surface area contributed by atoms with Gasteiger partial charge in [0.05, 0.1) is 0 Å². The number of allylic oxidation sites excluding steroid dienone is 3. The highest BCUT2D eigenvalue weighted by atomic mass is 16.4. The van der Waals surface area contributed by atoms with Gasteiger partial charge in [0.1, 0.15) is 34.4 Å². The van der Waals surface area contributed by atoms with Gasteiger partial charge >= 0.3 is 11.9 Å². The summed E-state index contributed by atoms with van der Waals surface area (Å²) in [6.07, 6.45) is 5.80. The van der Waals surface area contributed by atoms with Crippen molar-refractivity contribution in [1.82, 2.24) is 0 Å². The molecule has 0 aliphatic rings. The van der Waals surface area contributed by atoms with Crippen LogP contribution in [0.5, 0.6) is 11.5 Å². The van der Waals surface area contributed by atoms with E-state index in [4.69, 9.17) is 10.2 Å². The minimum absolute atomic E-state index is 0.0352. The van der Waals surface area contributed by atoms with Gasteiger partial charge in [0.15, 0.2) is 0 Å². The van der Waals surface area contributed by atoms with E-state index in [9.17, 15) is 29.8 Å². The number of rotatable bonds is 9. The number of benzene rings is 1. The molecule has 9 nitrogen and oxygen atoms in total. The molecule has 0 radical (unpaired) electrons. The number of hydrogen-bond acceptors (Lipinski definition) is 7. The molecule has 0 aliphatic heterocycles. The number of phenols is 2. The van der Waals surface area contributed by atoms with Crippen molar-refractivity contribution >= 4 is 18.0 Å². The van der Waals surface area contributed by atoms with E-state index in [1.807, 2.05) is 0 Å². The van der Waals surface area contributed by atoms with Crippen molar-refractivity contribution in [3.63, 3.8) is 0 Å². The Morgan fingerprint density at radius 3 is 2.33 bits per heavy atom. The second-order valence-electron chi connectivity index (χ2n) is 5.34. The molecule has 0 amide bonds. The van der Waals surface area contributed by atoms with Crippen LogP contribution in [0.15, 0.2) is 46.9 Å². The zero-order valence-electron chi connectivity index (χ0n) is 14.4. The third-order valence-electron chi connectivity index (χ3n) is 3.57. The van der Waals surface area contributed by atoms with E-state index >= 15 is 0 Å². The molecule has 0 heterocycles. The minimum atomic E-state index is -1.48. The molecule has 0 fully saturated rings. The predicted octanol–water partition coefficient (Wildman–Crippen LogP) is 3.20. The van der Waals surface area contributed by atoms with E-state index < -0.39 is 46.4 Å². The number of carbonyl (C=O) groups is 2. The van der Waals surface area contributed by atoms with E-state index in [1.165, 1.54) is 37.3 Å². The van der Waals surface area contributed by atoms with Crippen LogP contribution < -0.4 is 0 Å². The number of aromatic hydroxyl groups is 2. The monoisotopic (exact) mass is 377 g/mol. The number of hydrogen-bond donors (Lipinski definition) is 5. The summed E-state index contributed by atoms with van der Waals surface area (Å²) < 4.78 is 0. The SMILES string of the molecule is CC/C(O)=C(/C(=O)O)C(/C=C\C/C=C/c1ccc(O)c(C(=O)O)c1O)N=O. The molecule has 0 aliphatic carbocycles. The third kappa shape index (κ3) is 5.43. The van der Waals surface area contributed by atoms with E-state index in [2.05, 4.69) is 5.18 Å². The summed E-state index contributed by atoms with van der Waals surface area (Å²) >= 11 is 0. The molecule has 144 valence electrons. The van der Waals surface area contributed by atoms with Gasteiger partial charge < -0.3 is 25.5 Å². The first-order valence-corrected chi connectivity index (χ1v) is 7.83. The lowest BCUT2D eigenvalue weighted by molar-refractivity contribution is -0.133. The minimum Gasteiger partial charge on any atom is -0.512 e. The van der Waals surface area contributed by atoms with Crippen LogP contribution >= 0.6 is 0 Å². The summed E-state index contributed by atoms with van der Waals surface area (Å²) in [5.41, 5.74) is -0.974. The maximum atomic E-state index is 11.2. The number of aromatic carboxylic acids is 1. The van der Waals surface area contributed by atoms with E-state index in [0.717, 1.165) is 6.07 Å². The Hall–Kier alpha value is -3.62. The summed E-state index contributed by atoms with van der Waals surface area (Å²) in [5, 5.41) is 49.7. The molecule has 0 saturated heterocycles. The van der Waals surface area contributed by atoms with Crippen LogP contribution in [-0.4, -0.2) is 43.5 Å². The molecule has 1 unspecified atom stereocenters. The quantitative estimate of drug-likeness (QED) is 0.189. The topological polar surface area (TPSA) is 165 Å². The van der Waals surface area contributed by atoms with E-state index in [-0.39, 0.29) is 18.4 Å². The van der Waals surface area contributed by atoms with Crippen molar-refractivity contribution < 1.29 is 35.1 Å². The van der Waals surface area contributed by atoms with E-state index in [1.54, 1.807) is 0 Å². The van der Waals surface area contributed by atoms with Crippen LogP contribution in [0.2, 0.25) is 0 Å². The summed E-state index contributed by atoms with van der Waals surface area (Å²) in [6.45, 7) is 1.53. The number of carboxylic acids is 2. The molecule has 0 spiro atoms. The highest BCUT2D eigenvalue weighted by Gasteiger charge is 2.23. The number of aliphatic hydroxyl groups is 1. The normalized spacial score (nSPS) is 13.5. The highest BCUT2D eigenvalue weighted by molar-refractivity contribution is 5.95. The maximum Gasteiger partial charge on any atom is 0.343 e. The van der Waals surface area contributed by atoms with Crippen molar-refractivity contribution in [1.29, 1.82) is 0 Å². The van der Waals surface area contributed by atoms with Crippen molar-refractivity contribution in [2.75, 3.05) is 0 Å². The average Bonchev–Trinajstić information content (AvgIpc) is 2.60. The lowest BCUT2D eigenvalue weighted by Crippen LogP contribution is -2.16. The van der Waals surface area contributed by atoms with Crippen molar-refractivity contribution in [2.24, 2.45) is 5.18 Å². The van der Waals surface area contributed by atoms with Gasteiger partial charge in [0.25, 0.3) is 0 Å². The number of carboxylic acid groups (broad SMARTS) is 2. The fourth-order valence-corrected chi connectivity index (χ4v) is 2.22. The fourth-order valence-electron chi connectivity index (χ4n) is 2.22. The predicted molar refractivity (Wildman–Crippen MR) is 96.7 cm³/mol.